The maximum Gasteiger partial charge on any atom is 0.109 e. The van der Waals surface area contributed by atoms with Gasteiger partial charge in [-0.1, -0.05) is 30.3 Å². The smallest absolute Gasteiger partial charge is 0.109 e. The lowest BCUT2D eigenvalue weighted by Crippen LogP contribution is -2.49. The van der Waals surface area contributed by atoms with Gasteiger partial charge in [-0.2, -0.15) is 0 Å². The summed E-state index contributed by atoms with van der Waals surface area (Å²) in [6, 6.07) is 10.2. The van der Waals surface area contributed by atoms with Crippen LogP contribution in [0.15, 0.2) is 30.3 Å². The Kier molecular flexibility index (Phi) is 6.35. The van der Waals surface area contributed by atoms with Gasteiger partial charge in [0, 0.05) is 13.1 Å². The molecule has 5 heteroatoms. The van der Waals surface area contributed by atoms with Gasteiger partial charge < -0.3 is 19.8 Å². The van der Waals surface area contributed by atoms with E-state index in [1.54, 1.807) is 0 Å². The minimum atomic E-state index is -0.657. The third kappa shape index (κ3) is 4.27. The molecule has 5 nitrogen and oxygen atoms in total. The van der Waals surface area contributed by atoms with E-state index in [4.69, 9.17) is 4.74 Å². The molecule has 0 aromatic heterocycles. The highest BCUT2D eigenvalue weighted by molar-refractivity contribution is 5.15. The van der Waals surface area contributed by atoms with Gasteiger partial charge in [-0.25, -0.2) is 0 Å². The molecule has 1 saturated heterocycles. The summed E-state index contributed by atoms with van der Waals surface area (Å²) in [4.78, 5) is 4.21. The number of nitrogens with zero attached hydrogens (tertiary/aromatic N) is 2. The molecule has 1 aliphatic heterocycles. The first-order valence-electron chi connectivity index (χ1n) is 7.86. The molecule has 124 valence electrons. The highest BCUT2D eigenvalue weighted by atomic mass is 16.5. The van der Waals surface area contributed by atoms with Crippen LogP contribution in [-0.4, -0.2) is 85.2 Å². The van der Waals surface area contributed by atoms with E-state index in [-0.39, 0.29) is 18.8 Å². The Morgan fingerprint density at radius 3 is 2.36 bits per heavy atom. The van der Waals surface area contributed by atoms with Crippen molar-refractivity contribution in [3.63, 3.8) is 0 Å². The first kappa shape index (κ1) is 17.4. The van der Waals surface area contributed by atoms with Gasteiger partial charge in [-0.15, -0.1) is 0 Å². The summed E-state index contributed by atoms with van der Waals surface area (Å²) < 4.78 is 5.84. The van der Waals surface area contributed by atoms with Gasteiger partial charge >= 0.3 is 0 Å². The molecule has 0 aliphatic carbocycles. The number of likely N-dealkylation sites (N-methyl/N-ethyl adjacent to an activating group) is 2. The van der Waals surface area contributed by atoms with Crippen molar-refractivity contribution in [2.75, 3.05) is 40.8 Å². The summed E-state index contributed by atoms with van der Waals surface area (Å²) in [5.74, 6) is 0. The van der Waals surface area contributed by atoms with Crippen LogP contribution in [0, 0.1) is 0 Å². The van der Waals surface area contributed by atoms with Crippen LogP contribution >= 0.6 is 0 Å². The van der Waals surface area contributed by atoms with Crippen molar-refractivity contribution >= 4 is 0 Å². The van der Waals surface area contributed by atoms with Crippen molar-refractivity contribution in [2.24, 2.45) is 0 Å². The Morgan fingerprint density at radius 1 is 1.09 bits per heavy atom. The number of rotatable bonds is 7. The second-order valence-electron chi connectivity index (χ2n) is 6.36. The average molecular weight is 308 g/mol. The van der Waals surface area contributed by atoms with Gasteiger partial charge in [-0.05, 0) is 33.1 Å². The number of aliphatic hydroxyl groups is 2. The van der Waals surface area contributed by atoms with Crippen molar-refractivity contribution < 1.29 is 14.9 Å². The van der Waals surface area contributed by atoms with Crippen LogP contribution in [0.3, 0.4) is 0 Å². The predicted molar refractivity (Wildman–Crippen MR) is 86.9 cm³/mol. The number of hydrogen-bond acceptors (Lipinski definition) is 5. The zero-order valence-corrected chi connectivity index (χ0v) is 13.7. The van der Waals surface area contributed by atoms with Gasteiger partial charge in [0.05, 0.1) is 18.8 Å². The molecule has 0 amide bonds. The number of aliphatic hydroxyl groups excluding tert-OH is 2. The fourth-order valence-corrected chi connectivity index (χ4v) is 3.13. The molecule has 1 aromatic carbocycles. The van der Waals surface area contributed by atoms with Gasteiger partial charge in [0.25, 0.3) is 0 Å². The van der Waals surface area contributed by atoms with Crippen LogP contribution in [-0.2, 0) is 11.2 Å². The van der Waals surface area contributed by atoms with Crippen LogP contribution in [0.5, 0.6) is 0 Å². The van der Waals surface area contributed by atoms with E-state index in [0.29, 0.717) is 0 Å². The molecule has 1 aromatic rings. The van der Waals surface area contributed by atoms with Crippen molar-refractivity contribution in [3.8, 4) is 0 Å². The van der Waals surface area contributed by atoms with Crippen molar-refractivity contribution in [2.45, 2.75) is 30.8 Å². The molecule has 0 saturated carbocycles. The number of benzene rings is 1. The van der Waals surface area contributed by atoms with E-state index >= 15 is 0 Å². The van der Waals surface area contributed by atoms with Crippen LogP contribution in [0.2, 0.25) is 0 Å². The monoisotopic (exact) mass is 308 g/mol. The molecule has 2 N–H and O–H groups in total. The third-order valence-electron chi connectivity index (χ3n) is 4.29. The van der Waals surface area contributed by atoms with E-state index in [2.05, 4.69) is 21.9 Å². The average Bonchev–Trinajstić information content (AvgIpc) is 2.81. The van der Waals surface area contributed by atoms with Crippen LogP contribution in [0.4, 0.5) is 0 Å². The van der Waals surface area contributed by atoms with Crippen molar-refractivity contribution in [1.29, 1.82) is 0 Å². The zero-order valence-electron chi connectivity index (χ0n) is 13.7. The van der Waals surface area contributed by atoms with Gasteiger partial charge in [0.1, 0.15) is 12.2 Å². The Morgan fingerprint density at radius 2 is 1.77 bits per heavy atom. The highest BCUT2D eigenvalue weighted by Gasteiger charge is 2.45. The van der Waals surface area contributed by atoms with Crippen LogP contribution < -0.4 is 0 Å². The second-order valence-corrected chi connectivity index (χ2v) is 6.36. The standard InChI is InChI=1S/C17H28N2O3/c1-18(2)11-14-16(17(21)15(12-20)22-14)19(3)10-9-13-7-5-4-6-8-13/h4-8,14-17,20-21H,9-12H2,1-3H3/t14-,15-,16-,17+/m0/s1. The number of ether oxygens (including phenoxy) is 1. The van der Waals surface area contributed by atoms with E-state index in [9.17, 15) is 10.2 Å². The summed E-state index contributed by atoms with van der Waals surface area (Å²) >= 11 is 0. The molecule has 1 fully saturated rings. The van der Waals surface area contributed by atoms with Gasteiger partial charge in [-0.3, -0.25) is 4.90 Å². The fourth-order valence-electron chi connectivity index (χ4n) is 3.13. The summed E-state index contributed by atoms with van der Waals surface area (Å²) in [6.45, 7) is 1.43. The molecule has 1 heterocycles. The molecule has 0 unspecified atom stereocenters. The normalized spacial score (nSPS) is 28.7. The fraction of sp³-hybridized carbons (Fsp3) is 0.647. The Hall–Kier alpha value is -0.980. The molecular weight excluding hydrogens is 280 g/mol. The molecular formula is C17H28N2O3. The van der Waals surface area contributed by atoms with E-state index in [1.165, 1.54) is 5.56 Å². The lowest BCUT2D eigenvalue weighted by molar-refractivity contribution is -0.0273. The summed E-state index contributed by atoms with van der Waals surface area (Å²) in [6.07, 6.45) is -0.313. The summed E-state index contributed by atoms with van der Waals surface area (Å²) in [5.41, 5.74) is 1.28. The first-order chi connectivity index (χ1) is 10.5. The van der Waals surface area contributed by atoms with E-state index in [1.807, 2.05) is 39.3 Å². The maximum absolute atomic E-state index is 10.5. The third-order valence-corrected chi connectivity index (χ3v) is 4.29. The molecule has 1 aliphatic rings. The van der Waals surface area contributed by atoms with Crippen molar-refractivity contribution in [3.05, 3.63) is 35.9 Å². The predicted octanol–water partition coefficient (Wildman–Crippen LogP) is 0.212. The number of hydrogen-bond donors (Lipinski definition) is 2. The minimum Gasteiger partial charge on any atom is -0.394 e. The Balaban J connectivity index is 1.99. The molecule has 4 atom stereocenters. The van der Waals surface area contributed by atoms with Crippen molar-refractivity contribution in [1.82, 2.24) is 9.80 Å². The molecule has 22 heavy (non-hydrogen) atoms. The van der Waals surface area contributed by atoms with Gasteiger partial charge in [0.2, 0.25) is 0 Å². The molecule has 0 spiro atoms. The summed E-state index contributed by atoms with van der Waals surface area (Å²) in [5, 5.41) is 19.8. The van der Waals surface area contributed by atoms with Gasteiger partial charge in [0.15, 0.2) is 0 Å². The molecule has 2 rings (SSSR count). The Labute approximate surface area is 133 Å². The highest BCUT2D eigenvalue weighted by Crippen LogP contribution is 2.25. The largest absolute Gasteiger partial charge is 0.394 e. The second kappa shape index (κ2) is 8.04. The van der Waals surface area contributed by atoms with Crippen LogP contribution in [0.25, 0.3) is 0 Å². The van der Waals surface area contributed by atoms with E-state index < -0.39 is 12.2 Å². The lowest BCUT2D eigenvalue weighted by Gasteiger charge is -2.31. The summed E-state index contributed by atoms with van der Waals surface area (Å²) in [7, 11) is 5.99. The molecule has 0 radical (unpaired) electrons. The zero-order chi connectivity index (χ0) is 16.1. The lowest BCUT2D eigenvalue weighted by atomic mass is 10.0. The van der Waals surface area contributed by atoms with Crippen LogP contribution in [0.1, 0.15) is 5.56 Å². The SMILES string of the molecule is CN(C)C[C@@H]1O[C@@H](CO)[C@@H](O)[C@H]1N(C)CCc1ccccc1. The first-order valence-corrected chi connectivity index (χ1v) is 7.86. The molecule has 0 bridgehead atoms. The maximum atomic E-state index is 10.5. The Bertz CT molecular complexity index is 441. The quantitative estimate of drug-likeness (QED) is 0.754. The topological polar surface area (TPSA) is 56.2 Å². The van der Waals surface area contributed by atoms with E-state index in [0.717, 1.165) is 19.5 Å². The minimum absolute atomic E-state index is 0.0942.